The third-order valence-electron chi connectivity index (χ3n) is 3.62. The van der Waals surface area contributed by atoms with Gasteiger partial charge in [-0.1, -0.05) is 30.3 Å². The van der Waals surface area contributed by atoms with Gasteiger partial charge in [0.2, 0.25) is 5.91 Å². The normalized spacial score (nSPS) is 10.3. The van der Waals surface area contributed by atoms with Crippen LogP contribution in [0, 0.1) is 6.92 Å². The molecule has 0 aliphatic carbocycles. The molecule has 3 aromatic rings. The minimum atomic E-state index is -0.285. The minimum absolute atomic E-state index is 0.0892. The Labute approximate surface area is 145 Å². The molecule has 25 heavy (non-hydrogen) atoms. The van der Waals surface area contributed by atoms with E-state index in [1.807, 2.05) is 31.2 Å². The topological polar surface area (TPSA) is 86.9 Å². The summed E-state index contributed by atoms with van der Waals surface area (Å²) in [6.45, 7) is 1.85. The molecule has 0 aliphatic heterocycles. The van der Waals surface area contributed by atoms with E-state index in [9.17, 15) is 9.59 Å². The summed E-state index contributed by atoms with van der Waals surface area (Å²) in [5.41, 5.74) is 3.98. The number of nitrogens with one attached hydrogen (secondary N) is 3. The monoisotopic (exact) mass is 334 g/mol. The SMILES string of the molecule is Cc1cc(-c2ccc(NC(=O)CNC(=O)c3ccccc3)cc2)n[nH]1. The molecule has 1 heterocycles. The lowest BCUT2D eigenvalue weighted by molar-refractivity contribution is -0.115. The van der Waals surface area contributed by atoms with Gasteiger partial charge in [0.25, 0.3) is 5.91 Å². The number of benzene rings is 2. The predicted octanol–water partition coefficient (Wildman–Crippen LogP) is 2.75. The van der Waals surface area contributed by atoms with Crippen molar-refractivity contribution in [1.29, 1.82) is 0 Å². The average Bonchev–Trinajstić information content (AvgIpc) is 3.07. The molecule has 3 rings (SSSR count). The van der Waals surface area contributed by atoms with E-state index in [1.54, 1.807) is 36.4 Å². The van der Waals surface area contributed by atoms with Crippen LogP contribution in [-0.2, 0) is 4.79 Å². The minimum Gasteiger partial charge on any atom is -0.343 e. The molecular weight excluding hydrogens is 316 g/mol. The van der Waals surface area contributed by atoms with E-state index >= 15 is 0 Å². The van der Waals surface area contributed by atoms with E-state index in [2.05, 4.69) is 20.8 Å². The average molecular weight is 334 g/mol. The number of anilines is 1. The van der Waals surface area contributed by atoms with E-state index in [1.165, 1.54) is 0 Å². The maximum Gasteiger partial charge on any atom is 0.251 e. The number of hydrogen-bond donors (Lipinski definition) is 3. The summed E-state index contributed by atoms with van der Waals surface area (Å²) < 4.78 is 0. The molecule has 0 bridgehead atoms. The molecule has 0 aliphatic rings. The van der Waals surface area contributed by atoms with Gasteiger partial charge in [0.1, 0.15) is 0 Å². The number of carbonyl (C=O) groups is 2. The molecule has 0 saturated heterocycles. The Balaban J connectivity index is 1.53. The molecule has 0 radical (unpaired) electrons. The van der Waals surface area contributed by atoms with Crippen molar-refractivity contribution >= 4 is 17.5 Å². The highest BCUT2D eigenvalue weighted by atomic mass is 16.2. The second kappa shape index (κ2) is 7.44. The Hall–Kier alpha value is -3.41. The summed E-state index contributed by atoms with van der Waals surface area (Å²) in [5.74, 6) is -0.562. The molecule has 6 heteroatoms. The summed E-state index contributed by atoms with van der Waals surface area (Å²) in [4.78, 5) is 23.9. The van der Waals surface area contributed by atoms with Gasteiger partial charge in [-0.15, -0.1) is 0 Å². The number of nitrogens with zero attached hydrogens (tertiary/aromatic N) is 1. The van der Waals surface area contributed by atoms with Gasteiger partial charge in [-0.25, -0.2) is 0 Å². The fourth-order valence-corrected chi connectivity index (χ4v) is 2.35. The maximum absolute atomic E-state index is 12.0. The van der Waals surface area contributed by atoms with Crippen molar-refractivity contribution in [1.82, 2.24) is 15.5 Å². The van der Waals surface area contributed by atoms with Crippen LogP contribution in [-0.4, -0.2) is 28.6 Å². The van der Waals surface area contributed by atoms with Crippen molar-refractivity contribution in [3.05, 3.63) is 71.9 Å². The van der Waals surface area contributed by atoms with E-state index in [0.29, 0.717) is 11.3 Å². The highest BCUT2D eigenvalue weighted by Gasteiger charge is 2.08. The van der Waals surface area contributed by atoms with Crippen LogP contribution < -0.4 is 10.6 Å². The Morgan fingerprint density at radius 2 is 1.76 bits per heavy atom. The molecule has 0 saturated carbocycles. The molecule has 0 unspecified atom stereocenters. The van der Waals surface area contributed by atoms with Crippen LogP contribution in [0.1, 0.15) is 16.1 Å². The van der Waals surface area contributed by atoms with Gasteiger partial charge in [0, 0.05) is 22.5 Å². The maximum atomic E-state index is 12.0. The summed E-state index contributed by atoms with van der Waals surface area (Å²) in [5, 5.41) is 12.4. The summed E-state index contributed by atoms with van der Waals surface area (Å²) >= 11 is 0. The van der Waals surface area contributed by atoms with E-state index < -0.39 is 0 Å². The predicted molar refractivity (Wildman–Crippen MR) is 96.2 cm³/mol. The van der Waals surface area contributed by atoms with Gasteiger partial charge >= 0.3 is 0 Å². The number of rotatable bonds is 5. The van der Waals surface area contributed by atoms with Crippen molar-refractivity contribution in [2.45, 2.75) is 6.92 Å². The lowest BCUT2D eigenvalue weighted by atomic mass is 10.1. The zero-order chi connectivity index (χ0) is 17.6. The van der Waals surface area contributed by atoms with E-state index in [0.717, 1.165) is 17.0 Å². The lowest BCUT2D eigenvalue weighted by Gasteiger charge is -2.07. The quantitative estimate of drug-likeness (QED) is 0.670. The van der Waals surface area contributed by atoms with Crippen LogP contribution in [0.15, 0.2) is 60.7 Å². The van der Waals surface area contributed by atoms with Gasteiger partial charge in [-0.05, 0) is 37.3 Å². The van der Waals surface area contributed by atoms with Crippen LogP contribution in [0.2, 0.25) is 0 Å². The first-order valence-corrected chi connectivity index (χ1v) is 7.87. The third-order valence-corrected chi connectivity index (χ3v) is 3.62. The molecule has 0 atom stereocenters. The molecule has 0 fully saturated rings. The van der Waals surface area contributed by atoms with Crippen LogP contribution in [0.5, 0.6) is 0 Å². The molecule has 6 nitrogen and oxygen atoms in total. The molecule has 0 spiro atoms. The Morgan fingerprint density at radius 3 is 2.40 bits per heavy atom. The van der Waals surface area contributed by atoms with Crippen LogP contribution in [0.3, 0.4) is 0 Å². The van der Waals surface area contributed by atoms with Gasteiger partial charge < -0.3 is 10.6 Å². The Bertz CT molecular complexity index is 870. The van der Waals surface area contributed by atoms with Crippen molar-refractivity contribution in [2.24, 2.45) is 0 Å². The molecule has 126 valence electrons. The van der Waals surface area contributed by atoms with Gasteiger partial charge in [0.15, 0.2) is 0 Å². The number of hydrogen-bond acceptors (Lipinski definition) is 3. The first-order chi connectivity index (χ1) is 12.1. The lowest BCUT2D eigenvalue weighted by Crippen LogP contribution is -2.32. The van der Waals surface area contributed by atoms with Crippen molar-refractivity contribution in [3.63, 3.8) is 0 Å². The van der Waals surface area contributed by atoms with Crippen molar-refractivity contribution < 1.29 is 9.59 Å². The number of aromatic amines is 1. The first-order valence-electron chi connectivity index (χ1n) is 7.87. The van der Waals surface area contributed by atoms with Crippen LogP contribution >= 0.6 is 0 Å². The third kappa shape index (κ3) is 4.32. The Kier molecular flexibility index (Phi) is 4.89. The number of carbonyl (C=O) groups excluding carboxylic acids is 2. The van der Waals surface area contributed by atoms with Gasteiger partial charge in [-0.3, -0.25) is 14.7 Å². The highest BCUT2D eigenvalue weighted by Crippen LogP contribution is 2.19. The molecular formula is C19H18N4O2. The first kappa shape index (κ1) is 16.4. The molecule has 3 N–H and O–H groups in total. The number of amides is 2. The number of aromatic nitrogens is 2. The zero-order valence-corrected chi connectivity index (χ0v) is 13.7. The second-order valence-electron chi connectivity index (χ2n) is 5.61. The number of aryl methyl sites for hydroxylation is 1. The summed E-state index contributed by atoms with van der Waals surface area (Å²) in [7, 11) is 0. The number of H-pyrrole nitrogens is 1. The second-order valence-corrected chi connectivity index (χ2v) is 5.61. The molecule has 2 aromatic carbocycles. The molecule has 1 aromatic heterocycles. The Morgan fingerprint density at radius 1 is 1.04 bits per heavy atom. The van der Waals surface area contributed by atoms with E-state index in [4.69, 9.17) is 0 Å². The van der Waals surface area contributed by atoms with Gasteiger partial charge in [-0.2, -0.15) is 5.10 Å². The van der Waals surface area contributed by atoms with Gasteiger partial charge in [0.05, 0.1) is 12.2 Å². The molecule has 2 amide bonds. The fourth-order valence-electron chi connectivity index (χ4n) is 2.35. The fraction of sp³-hybridized carbons (Fsp3) is 0.105. The summed E-state index contributed by atoms with van der Waals surface area (Å²) in [6, 6.07) is 18.1. The smallest absolute Gasteiger partial charge is 0.251 e. The van der Waals surface area contributed by atoms with Crippen molar-refractivity contribution in [2.75, 3.05) is 11.9 Å². The van der Waals surface area contributed by atoms with E-state index in [-0.39, 0.29) is 18.4 Å². The summed E-state index contributed by atoms with van der Waals surface area (Å²) in [6.07, 6.45) is 0. The largest absolute Gasteiger partial charge is 0.343 e. The van der Waals surface area contributed by atoms with Crippen LogP contribution in [0.4, 0.5) is 5.69 Å². The standard InChI is InChI=1S/C19H18N4O2/c1-13-11-17(23-22-13)14-7-9-16(10-8-14)21-18(24)12-20-19(25)15-5-3-2-4-6-15/h2-11H,12H2,1H3,(H,20,25)(H,21,24)(H,22,23). The van der Waals surface area contributed by atoms with Crippen molar-refractivity contribution in [3.8, 4) is 11.3 Å². The highest BCUT2D eigenvalue weighted by molar-refractivity contribution is 5.99. The van der Waals surface area contributed by atoms with Crippen LogP contribution in [0.25, 0.3) is 11.3 Å². The zero-order valence-electron chi connectivity index (χ0n) is 13.7.